The summed E-state index contributed by atoms with van der Waals surface area (Å²) in [5.41, 5.74) is 1.43. The van der Waals surface area contributed by atoms with Gasteiger partial charge in [-0.25, -0.2) is 4.98 Å². The molecule has 1 aromatic rings. The number of hydrogen-bond acceptors (Lipinski definition) is 3. The molecule has 2 atom stereocenters. The molecular formula is C18H29N3. The standard InChI is InChI=1S/C18H29N3/c1-18(2,3)20-13-14-9-10-17(19-12-14)21-11-5-7-15-6-4-8-16(15)21/h9-10,12,15-16,20H,4-8,11,13H2,1-3H3. The molecule has 3 rings (SSSR count). The Kier molecular flexibility index (Phi) is 4.21. The summed E-state index contributed by atoms with van der Waals surface area (Å²) in [4.78, 5) is 7.32. The van der Waals surface area contributed by atoms with Crippen molar-refractivity contribution >= 4 is 5.82 Å². The van der Waals surface area contributed by atoms with Crippen molar-refractivity contribution in [1.82, 2.24) is 10.3 Å². The Balaban J connectivity index is 1.66. The van der Waals surface area contributed by atoms with Gasteiger partial charge in [0.05, 0.1) is 0 Å². The highest BCUT2D eigenvalue weighted by molar-refractivity contribution is 5.42. The third-order valence-electron chi connectivity index (χ3n) is 4.92. The van der Waals surface area contributed by atoms with E-state index in [0.717, 1.165) is 18.5 Å². The smallest absolute Gasteiger partial charge is 0.128 e. The Hall–Kier alpha value is -1.09. The minimum atomic E-state index is 0.155. The Morgan fingerprint density at radius 1 is 1.19 bits per heavy atom. The van der Waals surface area contributed by atoms with Crippen molar-refractivity contribution in [2.45, 2.75) is 71.0 Å². The van der Waals surface area contributed by atoms with Crippen molar-refractivity contribution in [3.05, 3.63) is 23.9 Å². The van der Waals surface area contributed by atoms with E-state index in [9.17, 15) is 0 Å². The van der Waals surface area contributed by atoms with Crippen LogP contribution in [0.3, 0.4) is 0 Å². The van der Waals surface area contributed by atoms with Crippen LogP contribution in [0.4, 0.5) is 5.82 Å². The van der Waals surface area contributed by atoms with Crippen LogP contribution < -0.4 is 10.2 Å². The van der Waals surface area contributed by atoms with Crippen molar-refractivity contribution in [1.29, 1.82) is 0 Å². The van der Waals surface area contributed by atoms with Crippen LogP contribution in [0.15, 0.2) is 18.3 Å². The van der Waals surface area contributed by atoms with Crippen LogP contribution in [0, 0.1) is 5.92 Å². The highest BCUT2D eigenvalue weighted by atomic mass is 15.2. The zero-order chi connectivity index (χ0) is 14.9. The van der Waals surface area contributed by atoms with E-state index in [1.807, 2.05) is 6.20 Å². The lowest BCUT2D eigenvalue weighted by atomic mass is 9.92. The monoisotopic (exact) mass is 287 g/mol. The van der Waals surface area contributed by atoms with Crippen LogP contribution in [0.5, 0.6) is 0 Å². The summed E-state index contributed by atoms with van der Waals surface area (Å²) in [6, 6.07) is 5.21. The molecule has 1 saturated carbocycles. The number of anilines is 1. The molecule has 1 aliphatic carbocycles. The lowest BCUT2D eigenvalue weighted by molar-refractivity contribution is 0.360. The summed E-state index contributed by atoms with van der Waals surface area (Å²) in [6.07, 6.45) is 8.99. The number of piperidine rings is 1. The van der Waals surface area contributed by atoms with E-state index in [1.165, 1.54) is 50.0 Å². The van der Waals surface area contributed by atoms with Crippen LogP contribution in [0.2, 0.25) is 0 Å². The second kappa shape index (κ2) is 5.96. The van der Waals surface area contributed by atoms with Crippen molar-refractivity contribution < 1.29 is 0 Å². The van der Waals surface area contributed by atoms with Gasteiger partial charge < -0.3 is 10.2 Å². The predicted octanol–water partition coefficient (Wildman–Crippen LogP) is 3.74. The summed E-state index contributed by atoms with van der Waals surface area (Å²) in [6.45, 7) is 8.67. The molecule has 0 aromatic carbocycles. The molecule has 0 radical (unpaired) electrons. The van der Waals surface area contributed by atoms with E-state index in [2.05, 4.69) is 43.1 Å². The van der Waals surface area contributed by atoms with Gasteiger partial charge >= 0.3 is 0 Å². The average Bonchev–Trinajstić information content (AvgIpc) is 2.93. The molecule has 0 bridgehead atoms. The molecule has 1 aliphatic heterocycles. The number of aromatic nitrogens is 1. The Morgan fingerprint density at radius 2 is 2.00 bits per heavy atom. The summed E-state index contributed by atoms with van der Waals surface area (Å²) in [5.74, 6) is 2.11. The van der Waals surface area contributed by atoms with Gasteiger partial charge in [0.15, 0.2) is 0 Å². The molecule has 116 valence electrons. The topological polar surface area (TPSA) is 28.2 Å². The second-order valence-electron chi connectivity index (χ2n) is 7.72. The van der Waals surface area contributed by atoms with Gasteiger partial charge in [0.25, 0.3) is 0 Å². The van der Waals surface area contributed by atoms with Gasteiger partial charge in [-0.3, -0.25) is 0 Å². The highest BCUT2D eigenvalue weighted by Crippen LogP contribution is 2.38. The van der Waals surface area contributed by atoms with Crippen LogP contribution in [0.1, 0.15) is 58.4 Å². The number of pyridine rings is 1. The molecule has 21 heavy (non-hydrogen) atoms. The first-order valence-electron chi connectivity index (χ1n) is 8.49. The minimum absolute atomic E-state index is 0.155. The fraction of sp³-hybridized carbons (Fsp3) is 0.722. The predicted molar refractivity (Wildman–Crippen MR) is 88.5 cm³/mol. The molecule has 1 aromatic heterocycles. The number of nitrogens with one attached hydrogen (secondary N) is 1. The molecule has 1 N–H and O–H groups in total. The first-order valence-corrected chi connectivity index (χ1v) is 8.49. The van der Waals surface area contributed by atoms with Crippen molar-refractivity contribution in [3.63, 3.8) is 0 Å². The maximum atomic E-state index is 4.75. The SMILES string of the molecule is CC(C)(C)NCc1ccc(N2CCCC3CCCC32)nc1. The van der Waals surface area contributed by atoms with E-state index >= 15 is 0 Å². The van der Waals surface area contributed by atoms with Crippen LogP contribution in [-0.2, 0) is 6.54 Å². The zero-order valence-corrected chi connectivity index (χ0v) is 13.7. The third-order valence-corrected chi connectivity index (χ3v) is 4.92. The van der Waals surface area contributed by atoms with E-state index < -0.39 is 0 Å². The quantitative estimate of drug-likeness (QED) is 0.918. The van der Waals surface area contributed by atoms with Crippen molar-refractivity contribution in [2.75, 3.05) is 11.4 Å². The molecule has 1 saturated heterocycles. The summed E-state index contributed by atoms with van der Waals surface area (Å²) in [7, 11) is 0. The highest BCUT2D eigenvalue weighted by Gasteiger charge is 2.35. The van der Waals surface area contributed by atoms with Gasteiger partial charge in [-0.15, -0.1) is 0 Å². The Morgan fingerprint density at radius 3 is 2.71 bits per heavy atom. The summed E-state index contributed by atoms with van der Waals surface area (Å²) in [5, 5.41) is 3.52. The lowest BCUT2D eigenvalue weighted by Gasteiger charge is -2.38. The van der Waals surface area contributed by atoms with Gasteiger partial charge in [0, 0.05) is 30.9 Å². The van der Waals surface area contributed by atoms with E-state index in [0.29, 0.717) is 0 Å². The van der Waals surface area contributed by atoms with Gasteiger partial charge in [0.1, 0.15) is 5.82 Å². The molecular weight excluding hydrogens is 258 g/mol. The number of rotatable bonds is 3. The number of nitrogens with zero attached hydrogens (tertiary/aromatic N) is 2. The van der Waals surface area contributed by atoms with Crippen LogP contribution in [0.25, 0.3) is 0 Å². The van der Waals surface area contributed by atoms with Crippen molar-refractivity contribution in [3.8, 4) is 0 Å². The molecule has 3 nitrogen and oxygen atoms in total. The Labute approximate surface area is 129 Å². The fourth-order valence-electron chi connectivity index (χ4n) is 3.80. The van der Waals surface area contributed by atoms with E-state index in [4.69, 9.17) is 4.98 Å². The second-order valence-corrected chi connectivity index (χ2v) is 7.72. The van der Waals surface area contributed by atoms with Crippen LogP contribution >= 0.6 is 0 Å². The summed E-state index contributed by atoms with van der Waals surface area (Å²) >= 11 is 0. The third kappa shape index (κ3) is 3.57. The Bertz CT molecular complexity index is 460. The number of hydrogen-bond donors (Lipinski definition) is 1. The van der Waals surface area contributed by atoms with Gasteiger partial charge in [0.2, 0.25) is 0 Å². The lowest BCUT2D eigenvalue weighted by Crippen LogP contribution is -2.43. The maximum Gasteiger partial charge on any atom is 0.128 e. The minimum Gasteiger partial charge on any atom is -0.353 e. The summed E-state index contributed by atoms with van der Waals surface area (Å²) < 4.78 is 0. The normalized spacial score (nSPS) is 26.0. The fourth-order valence-corrected chi connectivity index (χ4v) is 3.80. The molecule has 0 amide bonds. The van der Waals surface area contributed by atoms with Gasteiger partial charge in [-0.05, 0) is 64.0 Å². The molecule has 2 heterocycles. The van der Waals surface area contributed by atoms with E-state index in [1.54, 1.807) is 0 Å². The molecule has 2 fully saturated rings. The average molecular weight is 287 g/mol. The molecule has 0 spiro atoms. The van der Waals surface area contributed by atoms with Gasteiger partial charge in [-0.1, -0.05) is 12.5 Å². The maximum absolute atomic E-state index is 4.75. The molecule has 2 aliphatic rings. The zero-order valence-electron chi connectivity index (χ0n) is 13.7. The van der Waals surface area contributed by atoms with Crippen LogP contribution in [-0.4, -0.2) is 23.1 Å². The molecule has 3 heteroatoms. The van der Waals surface area contributed by atoms with E-state index in [-0.39, 0.29) is 5.54 Å². The first-order chi connectivity index (χ1) is 10.0. The first kappa shape index (κ1) is 14.8. The van der Waals surface area contributed by atoms with Gasteiger partial charge in [-0.2, -0.15) is 0 Å². The largest absolute Gasteiger partial charge is 0.353 e. The molecule has 2 unspecified atom stereocenters. The number of fused-ring (bicyclic) bond motifs is 1. The van der Waals surface area contributed by atoms with Crippen molar-refractivity contribution in [2.24, 2.45) is 5.92 Å².